The molecule has 2 atom stereocenters. The fourth-order valence-corrected chi connectivity index (χ4v) is 2.77. The molecule has 0 bridgehead atoms. The van der Waals surface area contributed by atoms with Gasteiger partial charge in [0, 0.05) is 24.7 Å². The molecular weight excluding hydrogens is 198 g/mol. The van der Waals surface area contributed by atoms with E-state index in [-0.39, 0.29) is 5.54 Å². The first-order valence-electron chi connectivity index (χ1n) is 6.66. The average molecular weight is 227 g/mol. The maximum absolute atomic E-state index is 6.35. The lowest BCUT2D eigenvalue weighted by Gasteiger charge is -2.35. The number of hydrogen-bond acceptors (Lipinski definition) is 3. The highest BCUT2D eigenvalue weighted by Gasteiger charge is 2.26. The maximum Gasteiger partial charge on any atom is 0.0254 e. The van der Waals surface area contributed by atoms with Crippen molar-refractivity contribution >= 4 is 0 Å². The Labute approximate surface area is 101 Å². The summed E-state index contributed by atoms with van der Waals surface area (Å²) in [7, 11) is 2.22. The van der Waals surface area contributed by atoms with Gasteiger partial charge < -0.3 is 10.6 Å². The summed E-state index contributed by atoms with van der Waals surface area (Å²) in [5.74, 6) is 0. The Bertz CT molecular complexity index is 203. The zero-order valence-corrected chi connectivity index (χ0v) is 11.5. The fraction of sp³-hybridized carbons (Fsp3) is 1.00. The van der Waals surface area contributed by atoms with E-state index in [4.69, 9.17) is 5.73 Å². The third-order valence-electron chi connectivity index (χ3n) is 3.57. The molecule has 0 aromatic carbocycles. The number of likely N-dealkylation sites (N-methyl/N-ethyl adjacent to an activating group) is 1. The molecule has 1 saturated heterocycles. The Morgan fingerprint density at radius 1 is 1.38 bits per heavy atom. The van der Waals surface area contributed by atoms with Crippen LogP contribution in [0.4, 0.5) is 0 Å². The predicted octanol–water partition coefficient (Wildman–Crippen LogP) is 1.53. The molecule has 0 amide bonds. The summed E-state index contributed by atoms with van der Waals surface area (Å²) in [6.45, 7) is 11.3. The van der Waals surface area contributed by atoms with E-state index in [1.54, 1.807) is 0 Å². The van der Waals surface area contributed by atoms with Crippen molar-refractivity contribution in [3.05, 3.63) is 0 Å². The van der Waals surface area contributed by atoms with E-state index in [0.717, 1.165) is 13.0 Å². The summed E-state index contributed by atoms with van der Waals surface area (Å²) in [5, 5.41) is 0. The third-order valence-corrected chi connectivity index (χ3v) is 3.57. The maximum atomic E-state index is 6.35. The molecule has 3 heteroatoms. The van der Waals surface area contributed by atoms with Gasteiger partial charge >= 0.3 is 0 Å². The summed E-state index contributed by atoms with van der Waals surface area (Å²) in [4.78, 5) is 5.00. The minimum Gasteiger partial charge on any atom is -0.324 e. The van der Waals surface area contributed by atoms with Crippen LogP contribution in [0.1, 0.15) is 40.0 Å². The van der Waals surface area contributed by atoms with Crippen LogP contribution in [0.5, 0.6) is 0 Å². The van der Waals surface area contributed by atoms with Gasteiger partial charge in [-0.25, -0.2) is 0 Å². The van der Waals surface area contributed by atoms with Crippen LogP contribution in [0.25, 0.3) is 0 Å². The highest BCUT2D eigenvalue weighted by atomic mass is 15.2. The van der Waals surface area contributed by atoms with Crippen LogP contribution in [0.2, 0.25) is 0 Å². The Balaban J connectivity index is 2.51. The topological polar surface area (TPSA) is 32.5 Å². The molecule has 3 nitrogen and oxygen atoms in total. The van der Waals surface area contributed by atoms with E-state index in [0.29, 0.717) is 6.04 Å². The monoisotopic (exact) mass is 227 g/mol. The van der Waals surface area contributed by atoms with E-state index in [2.05, 4.69) is 37.6 Å². The van der Waals surface area contributed by atoms with Crippen LogP contribution < -0.4 is 5.73 Å². The zero-order valence-electron chi connectivity index (χ0n) is 11.5. The second-order valence-electron chi connectivity index (χ2n) is 5.84. The van der Waals surface area contributed by atoms with Gasteiger partial charge in [-0.2, -0.15) is 0 Å². The average Bonchev–Trinajstić information content (AvgIpc) is 2.28. The number of rotatable bonds is 4. The molecule has 16 heavy (non-hydrogen) atoms. The lowest BCUT2D eigenvalue weighted by atomic mass is 9.96. The minimum absolute atomic E-state index is 0.0219. The molecule has 0 aliphatic carbocycles. The Kier molecular flexibility index (Phi) is 5.22. The second kappa shape index (κ2) is 5.99. The quantitative estimate of drug-likeness (QED) is 0.790. The SMILES string of the molecule is CCCC(C)(N)CN1CCCN(C)CC1C. The van der Waals surface area contributed by atoms with Gasteiger partial charge in [0.15, 0.2) is 0 Å². The van der Waals surface area contributed by atoms with Gasteiger partial charge in [0.05, 0.1) is 0 Å². The molecule has 1 rings (SSSR count). The Hall–Kier alpha value is -0.120. The molecule has 0 saturated carbocycles. The van der Waals surface area contributed by atoms with Gasteiger partial charge in [-0.05, 0) is 46.8 Å². The summed E-state index contributed by atoms with van der Waals surface area (Å²) in [6.07, 6.45) is 3.56. The van der Waals surface area contributed by atoms with Crippen molar-refractivity contribution in [1.29, 1.82) is 0 Å². The second-order valence-corrected chi connectivity index (χ2v) is 5.84. The highest BCUT2D eigenvalue weighted by molar-refractivity contribution is 4.86. The molecule has 1 aliphatic heterocycles. The van der Waals surface area contributed by atoms with Crippen LogP contribution >= 0.6 is 0 Å². The van der Waals surface area contributed by atoms with E-state index in [1.165, 1.54) is 32.5 Å². The molecule has 0 aromatic heterocycles. The van der Waals surface area contributed by atoms with Crippen LogP contribution in [0.15, 0.2) is 0 Å². The number of nitrogens with two attached hydrogens (primary N) is 1. The van der Waals surface area contributed by atoms with Crippen molar-refractivity contribution in [2.45, 2.75) is 51.6 Å². The summed E-state index contributed by atoms with van der Waals surface area (Å²) < 4.78 is 0. The van der Waals surface area contributed by atoms with Crippen molar-refractivity contribution in [1.82, 2.24) is 9.80 Å². The first-order valence-corrected chi connectivity index (χ1v) is 6.66. The van der Waals surface area contributed by atoms with Crippen LogP contribution in [-0.2, 0) is 0 Å². The van der Waals surface area contributed by atoms with Gasteiger partial charge in [0.25, 0.3) is 0 Å². The smallest absolute Gasteiger partial charge is 0.0254 e. The van der Waals surface area contributed by atoms with Gasteiger partial charge in [-0.15, -0.1) is 0 Å². The largest absolute Gasteiger partial charge is 0.324 e. The predicted molar refractivity (Wildman–Crippen MR) is 70.6 cm³/mol. The molecule has 0 radical (unpaired) electrons. The molecule has 0 aromatic rings. The summed E-state index contributed by atoms with van der Waals surface area (Å²) >= 11 is 0. The number of hydrogen-bond donors (Lipinski definition) is 1. The van der Waals surface area contributed by atoms with Crippen molar-refractivity contribution in [2.24, 2.45) is 5.73 Å². The standard InChI is InChI=1S/C13H29N3/c1-5-7-13(3,14)11-16-9-6-8-15(4)10-12(16)2/h12H,5-11,14H2,1-4H3. The van der Waals surface area contributed by atoms with E-state index in [9.17, 15) is 0 Å². The molecule has 2 N–H and O–H groups in total. The number of nitrogens with zero attached hydrogens (tertiary/aromatic N) is 2. The molecular formula is C13H29N3. The van der Waals surface area contributed by atoms with Crippen molar-refractivity contribution < 1.29 is 0 Å². The van der Waals surface area contributed by atoms with Gasteiger partial charge in [-0.3, -0.25) is 4.90 Å². The highest BCUT2D eigenvalue weighted by Crippen LogP contribution is 2.15. The molecule has 2 unspecified atom stereocenters. The van der Waals surface area contributed by atoms with Gasteiger partial charge in [0.2, 0.25) is 0 Å². The van der Waals surface area contributed by atoms with Crippen molar-refractivity contribution in [3.8, 4) is 0 Å². The molecule has 96 valence electrons. The molecule has 1 fully saturated rings. The fourth-order valence-electron chi connectivity index (χ4n) is 2.77. The normalized spacial score (nSPS) is 28.7. The lowest BCUT2D eigenvalue weighted by Crippen LogP contribution is -2.51. The van der Waals surface area contributed by atoms with Crippen LogP contribution in [-0.4, -0.2) is 54.6 Å². The Morgan fingerprint density at radius 3 is 2.69 bits per heavy atom. The summed E-state index contributed by atoms with van der Waals surface area (Å²) in [6, 6.07) is 0.632. The van der Waals surface area contributed by atoms with Crippen molar-refractivity contribution in [3.63, 3.8) is 0 Å². The first-order chi connectivity index (χ1) is 7.44. The van der Waals surface area contributed by atoms with E-state index < -0.39 is 0 Å². The molecule has 1 aliphatic rings. The van der Waals surface area contributed by atoms with Crippen LogP contribution in [0.3, 0.4) is 0 Å². The zero-order chi connectivity index (χ0) is 12.2. The molecule has 1 heterocycles. The third kappa shape index (κ3) is 4.40. The van der Waals surface area contributed by atoms with E-state index in [1.807, 2.05) is 0 Å². The summed E-state index contributed by atoms with van der Waals surface area (Å²) in [5.41, 5.74) is 6.33. The van der Waals surface area contributed by atoms with Gasteiger partial charge in [-0.1, -0.05) is 13.3 Å². The van der Waals surface area contributed by atoms with Crippen LogP contribution in [0, 0.1) is 0 Å². The minimum atomic E-state index is -0.0219. The lowest BCUT2D eigenvalue weighted by molar-refractivity contribution is 0.160. The van der Waals surface area contributed by atoms with Gasteiger partial charge in [0.1, 0.15) is 0 Å². The van der Waals surface area contributed by atoms with Crippen molar-refractivity contribution in [2.75, 3.05) is 33.2 Å². The Morgan fingerprint density at radius 2 is 2.06 bits per heavy atom. The molecule has 0 spiro atoms. The first kappa shape index (κ1) is 13.9. The van der Waals surface area contributed by atoms with E-state index >= 15 is 0 Å².